The Morgan fingerprint density at radius 3 is 2.59 bits per heavy atom. The summed E-state index contributed by atoms with van der Waals surface area (Å²) in [6, 6.07) is 0.675. The number of hydrogen-bond donors (Lipinski definition) is 3. The highest BCUT2D eigenvalue weighted by Crippen LogP contribution is 2.21. The molecule has 0 aromatic carbocycles. The molecular weight excluding hydrogens is 214 g/mol. The van der Waals surface area contributed by atoms with Crippen LogP contribution in [0.1, 0.15) is 51.9 Å². The normalized spacial score (nSPS) is 38.7. The third-order valence-electron chi connectivity index (χ3n) is 4.23. The molecule has 0 aromatic heterocycles. The van der Waals surface area contributed by atoms with E-state index in [0.717, 1.165) is 45.1 Å². The molecule has 1 saturated carbocycles. The average molecular weight is 239 g/mol. The van der Waals surface area contributed by atoms with Crippen LogP contribution in [0.5, 0.6) is 0 Å². The molecule has 1 aliphatic heterocycles. The minimum Gasteiger partial charge on any atom is -0.352 e. The van der Waals surface area contributed by atoms with Gasteiger partial charge in [0.1, 0.15) is 0 Å². The molecular formula is C13H25N3O. The number of hydrogen-bond acceptors (Lipinski definition) is 3. The quantitative estimate of drug-likeness (QED) is 0.671. The Hall–Kier alpha value is -0.610. The molecule has 17 heavy (non-hydrogen) atoms. The van der Waals surface area contributed by atoms with Gasteiger partial charge in [-0.15, -0.1) is 0 Å². The van der Waals surface area contributed by atoms with Crippen molar-refractivity contribution < 1.29 is 4.79 Å². The second-order valence-electron chi connectivity index (χ2n) is 5.80. The summed E-state index contributed by atoms with van der Waals surface area (Å²) in [6.45, 7) is 2.98. The van der Waals surface area contributed by atoms with Crippen LogP contribution in [-0.2, 0) is 4.79 Å². The van der Waals surface area contributed by atoms with Crippen molar-refractivity contribution in [3.63, 3.8) is 0 Å². The molecule has 1 amide bonds. The molecule has 1 aliphatic carbocycles. The average Bonchev–Trinajstić information content (AvgIpc) is 2.33. The van der Waals surface area contributed by atoms with Gasteiger partial charge in [-0.05, 0) is 58.4 Å². The van der Waals surface area contributed by atoms with Crippen LogP contribution < -0.4 is 16.4 Å². The highest BCUT2D eigenvalue weighted by molar-refractivity contribution is 5.86. The van der Waals surface area contributed by atoms with E-state index >= 15 is 0 Å². The van der Waals surface area contributed by atoms with E-state index in [4.69, 9.17) is 5.73 Å². The van der Waals surface area contributed by atoms with Gasteiger partial charge in [0.25, 0.3) is 0 Å². The zero-order valence-corrected chi connectivity index (χ0v) is 10.8. The fourth-order valence-corrected chi connectivity index (χ4v) is 2.86. The molecule has 1 atom stereocenters. The first kappa shape index (κ1) is 12.8. The lowest BCUT2D eigenvalue weighted by Crippen LogP contribution is -2.59. The van der Waals surface area contributed by atoms with Gasteiger partial charge in [-0.3, -0.25) is 4.79 Å². The maximum absolute atomic E-state index is 12.3. The molecule has 4 nitrogen and oxygen atoms in total. The van der Waals surface area contributed by atoms with E-state index in [0.29, 0.717) is 12.1 Å². The van der Waals surface area contributed by atoms with Gasteiger partial charge in [-0.1, -0.05) is 0 Å². The van der Waals surface area contributed by atoms with E-state index in [-0.39, 0.29) is 11.4 Å². The van der Waals surface area contributed by atoms with Crippen molar-refractivity contribution in [1.82, 2.24) is 10.6 Å². The van der Waals surface area contributed by atoms with E-state index in [1.165, 1.54) is 6.42 Å². The number of nitrogens with two attached hydrogens (primary N) is 1. The summed E-state index contributed by atoms with van der Waals surface area (Å²) < 4.78 is 0. The smallest absolute Gasteiger partial charge is 0.240 e. The molecule has 0 radical (unpaired) electrons. The van der Waals surface area contributed by atoms with Gasteiger partial charge in [-0.2, -0.15) is 0 Å². The summed E-state index contributed by atoms with van der Waals surface area (Å²) in [7, 11) is 0. The van der Waals surface area contributed by atoms with E-state index in [9.17, 15) is 4.79 Å². The number of nitrogens with one attached hydrogen (secondary N) is 2. The van der Waals surface area contributed by atoms with Crippen molar-refractivity contribution in [3.8, 4) is 0 Å². The summed E-state index contributed by atoms with van der Waals surface area (Å²) in [5.41, 5.74) is 5.52. The molecule has 0 spiro atoms. The van der Waals surface area contributed by atoms with Gasteiger partial charge < -0.3 is 16.4 Å². The van der Waals surface area contributed by atoms with Gasteiger partial charge in [0.15, 0.2) is 0 Å². The van der Waals surface area contributed by atoms with Crippen molar-refractivity contribution in [3.05, 3.63) is 0 Å². The van der Waals surface area contributed by atoms with Crippen LogP contribution in [0.15, 0.2) is 0 Å². The second kappa shape index (κ2) is 5.36. The van der Waals surface area contributed by atoms with Gasteiger partial charge in [0.2, 0.25) is 5.91 Å². The van der Waals surface area contributed by atoms with Crippen molar-refractivity contribution >= 4 is 5.91 Å². The van der Waals surface area contributed by atoms with Crippen LogP contribution in [0.4, 0.5) is 0 Å². The van der Waals surface area contributed by atoms with E-state index in [2.05, 4.69) is 10.6 Å². The summed E-state index contributed by atoms with van der Waals surface area (Å²) in [4.78, 5) is 12.3. The molecule has 2 rings (SSSR count). The third kappa shape index (κ3) is 3.19. The second-order valence-corrected chi connectivity index (χ2v) is 5.80. The largest absolute Gasteiger partial charge is 0.352 e. The Kier molecular flexibility index (Phi) is 4.05. The van der Waals surface area contributed by atoms with Crippen LogP contribution in [0, 0.1) is 0 Å². The minimum atomic E-state index is -0.349. The maximum atomic E-state index is 12.3. The Morgan fingerprint density at radius 1 is 1.29 bits per heavy atom. The molecule has 1 saturated heterocycles. The van der Waals surface area contributed by atoms with Crippen LogP contribution in [-0.4, -0.2) is 30.1 Å². The van der Waals surface area contributed by atoms with Crippen LogP contribution in [0.3, 0.4) is 0 Å². The number of carbonyl (C=O) groups is 1. The third-order valence-corrected chi connectivity index (χ3v) is 4.23. The first-order valence-electron chi connectivity index (χ1n) is 6.92. The standard InChI is InChI=1S/C13H25N3O/c1-13(8-2-3-9-15-13)12(17)16-11-6-4-10(14)5-7-11/h10-11,15H,2-9,14H2,1H3,(H,16,17). The van der Waals surface area contributed by atoms with Gasteiger partial charge in [0.05, 0.1) is 5.54 Å². The van der Waals surface area contributed by atoms with E-state index in [1.807, 2.05) is 6.92 Å². The lowest BCUT2D eigenvalue weighted by molar-refractivity contribution is -0.128. The first-order chi connectivity index (χ1) is 8.10. The molecule has 1 unspecified atom stereocenters. The highest BCUT2D eigenvalue weighted by atomic mass is 16.2. The number of rotatable bonds is 2. The molecule has 2 aliphatic rings. The summed E-state index contributed by atoms with van der Waals surface area (Å²) >= 11 is 0. The monoisotopic (exact) mass is 239 g/mol. The van der Waals surface area contributed by atoms with Gasteiger partial charge >= 0.3 is 0 Å². The summed E-state index contributed by atoms with van der Waals surface area (Å²) in [5.74, 6) is 0.178. The predicted molar refractivity (Wildman–Crippen MR) is 68.6 cm³/mol. The van der Waals surface area contributed by atoms with Crippen molar-refractivity contribution in [2.75, 3.05) is 6.54 Å². The topological polar surface area (TPSA) is 67.2 Å². The molecule has 2 fully saturated rings. The van der Waals surface area contributed by atoms with E-state index < -0.39 is 0 Å². The van der Waals surface area contributed by atoms with E-state index in [1.54, 1.807) is 0 Å². The van der Waals surface area contributed by atoms with Crippen LogP contribution in [0.25, 0.3) is 0 Å². The highest BCUT2D eigenvalue weighted by Gasteiger charge is 2.35. The first-order valence-corrected chi connectivity index (χ1v) is 6.92. The van der Waals surface area contributed by atoms with Crippen LogP contribution in [0.2, 0.25) is 0 Å². The maximum Gasteiger partial charge on any atom is 0.240 e. The Labute approximate surface area is 104 Å². The molecule has 4 N–H and O–H groups in total. The molecule has 1 heterocycles. The number of amides is 1. The fourth-order valence-electron chi connectivity index (χ4n) is 2.86. The number of piperidine rings is 1. The van der Waals surface area contributed by atoms with Gasteiger partial charge in [-0.25, -0.2) is 0 Å². The minimum absolute atomic E-state index is 0.178. The summed E-state index contributed by atoms with van der Waals surface area (Å²) in [5, 5.41) is 6.55. The van der Waals surface area contributed by atoms with Crippen molar-refractivity contribution in [1.29, 1.82) is 0 Å². The van der Waals surface area contributed by atoms with Crippen LogP contribution >= 0.6 is 0 Å². The number of carbonyl (C=O) groups excluding carboxylic acids is 1. The van der Waals surface area contributed by atoms with Crippen molar-refractivity contribution in [2.24, 2.45) is 5.73 Å². The Morgan fingerprint density at radius 2 is 2.00 bits per heavy atom. The lowest BCUT2D eigenvalue weighted by atomic mass is 9.87. The summed E-state index contributed by atoms with van der Waals surface area (Å²) in [6.07, 6.45) is 7.41. The molecule has 98 valence electrons. The zero-order chi connectivity index (χ0) is 12.3. The Balaban J connectivity index is 1.83. The van der Waals surface area contributed by atoms with Gasteiger partial charge in [0, 0.05) is 12.1 Å². The lowest BCUT2D eigenvalue weighted by Gasteiger charge is -2.36. The molecule has 0 aromatic rings. The Bertz CT molecular complexity index is 266. The zero-order valence-electron chi connectivity index (χ0n) is 10.8. The predicted octanol–water partition coefficient (Wildman–Crippen LogP) is 0.905. The molecule has 4 heteroatoms. The van der Waals surface area contributed by atoms with Crippen molar-refractivity contribution in [2.45, 2.75) is 69.5 Å². The fraction of sp³-hybridized carbons (Fsp3) is 0.923. The SMILES string of the molecule is CC1(C(=O)NC2CCC(N)CC2)CCCCN1. The molecule has 0 bridgehead atoms.